The van der Waals surface area contributed by atoms with Crippen molar-refractivity contribution >= 4 is 17.4 Å². The summed E-state index contributed by atoms with van der Waals surface area (Å²) in [6.45, 7) is 8.41. The first-order valence-electron chi connectivity index (χ1n) is 13.0. The Hall–Kier alpha value is -3.15. The van der Waals surface area contributed by atoms with Crippen LogP contribution in [0.5, 0.6) is 5.75 Å². The lowest BCUT2D eigenvalue weighted by atomic mass is 9.93. The largest absolute Gasteiger partial charge is 0.496 e. The van der Waals surface area contributed by atoms with Crippen LogP contribution >= 0.6 is 11.8 Å². The zero-order chi connectivity index (χ0) is 25.8. The normalized spacial score (nSPS) is 17.9. The van der Waals surface area contributed by atoms with Crippen LogP contribution in [-0.2, 0) is 12.3 Å². The molecule has 5 heteroatoms. The fourth-order valence-electron chi connectivity index (χ4n) is 5.27. The van der Waals surface area contributed by atoms with E-state index in [2.05, 4.69) is 97.7 Å². The molecule has 1 N–H and O–H groups in total. The number of rotatable bonds is 7. The van der Waals surface area contributed by atoms with Gasteiger partial charge in [-0.15, -0.1) is 11.8 Å². The van der Waals surface area contributed by atoms with Crippen molar-refractivity contribution in [2.24, 2.45) is 0 Å². The Bertz CT molecular complexity index is 1310. The third kappa shape index (κ3) is 5.73. The van der Waals surface area contributed by atoms with Crippen molar-refractivity contribution in [2.75, 3.05) is 19.0 Å². The van der Waals surface area contributed by atoms with Gasteiger partial charge in [-0.3, -0.25) is 4.90 Å². The van der Waals surface area contributed by atoms with Gasteiger partial charge in [-0.25, -0.2) is 0 Å². The van der Waals surface area contributed by atoms with E-state index in [1.807, 2.05) is 17.8 Å². The molecule has 192 valence electrons. The smallest absolute Gasteiger partial charge is 0.122 e. The molecule has 4 nitrogen and oxygen atoms in total. The molecule has 5 rings (SSSR count). The number of hydrogen-bond donors (Lipinski definition) is 1. The molecule has 37 heavy (non-hydrogen) atoms. The molecule has 0 bridgehead atoms. The minimum Gasteiger partial charge on any atom is -0.496 e. The predicted molar refractivity (Wildman–Crippen MR) is 153 cm³/mol. The molecule has 3 aromatic carbocycles. The lowest BCUT2D eigenvalue weighted by Gasteiger charge is -2.37. The van der Waals surface area contributed by atoms with Crippen molar-refractivity contribution < 1.29 is 9.15 Å². The molecular formula is C32H36N2O2S. The van der Waals surface area contributed by atoms with E-state index in [-0.39, 0.29) is 6.17 Å². The second-order valence-electron chi connectivity index (χ2n) is 9.95. The first-order chi connectivity index (χ1) is 18.0. The molecular weight excluding hydrogens is 476 g/mol. The summed E-state index contributed by atoms with van der Waals surface area (Å²) in [5, 5.41) is 3.90. The maximum atomic E-state index is 5.80. The molecule has 0 radical (unpaired) electrons. The van der Waals surface area contributed by atoms with Gasteiger partial charge in [0.05, 0.1) is 19.9 Å². The van der Waals surface area contributed by atoms with Gasteiger partial charge in [0.2, 0.25) is 0 Å². The number of hydrogen-bond acceptors (Lipinski definition) is 5. The van der Waals surface area contributed by atoms with Gasteiger partial charge in [0.15, 0.2) is 0 Å². The molecule has 2 atom stereocenters. The summed E-state index contributed by atoms with van der Waals surface area (Å²) in [4.78, 5) is 3.84. The fraction of sp³-hybridized carbons (Fsp3) is 0.312. The summed E-state index contributed by atoms with van der Waals surface area (Å²) in [6, 6.07) is 25.9. The zero-order valence-electron chi connectivity index (χ0n) is 22.2. The van der Waals surface area contributed by atoms with Crippen LogP contribution in [0.1, 0.15) is 59.0 Å². The van der Waals surface area contributed by atoms with Crippen LogP contribution in [0.25, 0.3) is 0 Å². The van der Waals surface area contributed by atoms with Gasteiger partial charge >= 0.3 is 0 Å². The standard InChI is InChI=1S/C32H36N2O2S/c1-22-16-17-34(20-27-11-8-18-36-27)32(33-29-13-6-5-12-28(22)29)25-14-15-30(35-4)26(19-25)21-37-31-23(2)9-7-10-24(31)3/h5-15,18-19,22,32-33H,16-17,20-21H2,1-4H3/t22-,32?/m1/s1. The van der Waals surface area contributed by atoms with Crippen molar-refractivity contribution in [1.29, 1.82) is 0 Å². The van der Waals surface area contributed by atoms with Crippen LogP contribution in [0.15, 0.2) is 88.4 Å². The Balaban J connectivity index is 1.50. The number of fused-ring (bicyclic) bond motifs is 1. The maximum Gasteiger partial charge on any atom is 0.122 e. The van der Waals surface area contributed by atoms with Crippen LogP contribution in [0.2, 0.25) is 0 Å². The third-order valence-corrected chi connectivity index (χ3v) is 8.73. The number of ether oxygens (including phenoxy) is 1. The molecule has 0 saturated heterocycles. The fourth-order valence-corrected chi connectivity index (χ4v) is 6.38. The molecule has 0 saturated carbocycles. The molecule has 1 aliphatic rings. The number of nitrogens with zero attached hydrogens (tertiary/aromatic N) is 1. The molecule has 0 amide bonds. The molecule has 0 spiro atoms. The van der Waals surface area contributed by atoms with E-state index in [0.717, 1.165) is 36.8 Å². The van der Waals surface area contributed by atoms with Gasteiger partial charge in [-0.05, 0) is 78.8 Å². The number of furan rings is 1. The van der Waals surface area contributed by atoms with E-state index >= 15 is 0 Å². The van der Waals surface area contributed by atoms with Crippen molar-refractivity contribution in [3.8, 4) is 5.75 Å². The summed E-state index contributed by atoms with van der Waals surface area (Å²) in [5.74, 6) is 3.23. The van der Waals surface area contributed by atoms with Gasteiger partial charge in [0.1, 0.15) is 17.7 Å². The summed E-state index contributed by atoms with van der Waals surface area (Å²) >= 11 is 1.88. The number of anilines is 1. The average Bonchev–Trinajstić information content (AvgIpc) is 3.42. The summed E-state index contributed by atoms with van der Waals surface area (Å²) < 4.78 is 11.6. The Kier molecular flexibility index (Phi) is 7.92. The minimum atomic E-state index is 0.00797. The summed E-state index contributed by atoms with van der Waals surface area (Å²) in [7, 11) is 1.76. The van der Waals surface area contributed by atoms with Crippen LogP contribution < -0.4 is 10.1 Å². The van der Waals surface area contributed by atoms with E-state index in [1.165, 1.54) is 38.4 Å². The molecule has 2 heterocycles. The maximum absolute atomic E-state index is 5.80. The topological polar surface area (TPSA) is 37.6 Å². The van der Waals surface area contributed by atoms with E-state index in [9.17, 15) is 0 Å². The number of benzene rings is 3. The molecule has 1 aliphatic heterocycles. The van der Waals surface area contributed by atoms with Crippen LogP contribution in [-0.4, -0.2) is 18.6 Å². The Morgan fingerprint density at radius 3 is 2.57 bits per heavy atom. The van der Waals surface area contributed by atoms with Gasteiger partial charge < -0.3 is 14.5 Å². The lowest BCUT2D eigenvalue weighted by Crippen LogP contribution is -2.36. The Labute approximate surface area is 225 Å². The van der Waals surface area contributed by atoms with Crippen molar-refractivity contribution in [2.45, 2.75) is 56.5 Å². The number of aryl methyl sites for hydroxylation is 2. The van der Waals surface area contributed by atoms with Crippen LogP contribution in [0.3, 0.4) is 0 Å². The lowest BCUT2D eigenvalue weighted by molar-refractivity contribution is 0.182. The van der Waals surface area contributed by atoms with Crippen LogP contribution in [0.4, 0.5) is 5.69 Å². The highest BCUT2D eigenvalue weighted by atomic mass is 32.2. The van der Waals surface area contributed by atoms with Gasteiger partial charge in [0.25, 0.3) is 0 Å². The SMILES string of the molecule is COc1ccc(C2Nc3ccccc3[C@H](C)CCN2Cc2ccco2)cc1CSc1c(C)cccc1C. The molecule has 4 aromatic rings. The minimum absolute atomic E-state index is 0.00797. The molecule has 1 unspecified atom stereocenters. The van der Waals surface area contributed by atoms with Crippen LogP contribution in [0, 0.1) is 13.8 Å². The third-order valence-electron chi connectivity index (χ3n) is 7.34. The average molecular weight is 513 g/mol. The van der Waals surface area contributed by atoms with Gasteiger partial charge in [-0.1, -0.05) is 49.4 Å². The number of nitrogens with one attached hydrogen (secondary N) is 1. The molecule has 1 aromatic heterocycles. The second-order valence-corrected chi connectivity index (χ2v) is 10.9. The summed E-state index contributed by atoms with van der Waals surface area (Å²) in [6.07, 6.45) is 2.85. The zero-order valence-corrected chi connectivity index (χ0v) is 23.0. The first kappa shape index (κ1) is 25.5. The van der Waals surface area contributed by atoms with Gasteiger partial charge in [0, 0.05) is 28.4 Å². The quantitative estimate of drug-likeness (QED) is 0.252. The van der Waals surface area contributed by atoms with E-state index in [4.69, 9.17) is 9.15 Å². The van der Waals surface area contributed by atoms with Crippen molar-refractivity contribution in [3.05, 3.63) is 113 Å². The Morgan fingerprint density at radius 1 is 1.00 bits per heavy atom. The number of methoxy groups -OCH3 is 1. The highest BCUT2D eigenvalue weighted by Crippen LogP contribution is 2.38. The first-order valence-corrected chi connectivity index (χ1v) is 14.0. The molecule has 0 aliphatic carbocycles. The summed E-state index contributed by atoms with van der Waals surface area (Å²) in [5.41, 5.74) is 7.65. The number of para-hydroxylation sites is 1. The van der Waals surface area contributed by atoms with Crippen molar-refractivity contribution in [1.82, 2.24) is 4.90 Å². The molecule has 0 fully saturated rings. The van der Waals surface area contributed by atoms with Crippen molar-refractivity contribution in [3.63, 3.8) is 0 Å². The van der Waals surface area contributed by atoms with E-state index < -0.39 is 0 Å². The predicted octanol–water partition coefficient (Wildman–Crippen LogP) is 8.32. The van der Waals surface area contributed by atoms with E-state index in [1.54, 1.807) is 13.4 Å². The highest BCUT2D eigenvalue weighted by molar-refractivity contribution is 7.98. The highest BCUT2D eigenvalue weighted by Gasteiger charge is 2.27. The van der Waals surface area contributed by atoms with Gasteiger partial charge in [-0.2, -0.15) is 0 Å². The number of thioether (sulfide) groups is 1. The monoisotopic (exact) mass is 512 g/mol. The van der Waals surface area contributed by atoms with E-state index in [0.29, 0.717) is 5.92 Å². The second kappa shape index (κ2) is 11.5. The Morgan fingerprint density at radius 2 is 1.81 bits per heavy atom.